The van der Waals surface area contributed by atoms with Gasteiger partial charge in [-0.3, -0.25) is 0 Å². The first kappa shape index (κ1) is 14.5. The smallest absolute Gasteiger partial charge is 0.131 e. The van der Waals surface area contributed by atoms with E-state index in [1.165, 1.54) is 16.0 Å². The zero-order valence-electron chi connectivity index (χ0n) is 11.6. The SMILES string of the molecule is Cc1cc(CBr)cnc1N(Cc1cccs1)C(C)C. The summed E-state index contributed by atoms with van der Waals surface area (Å²) < 4.78 is 0. The predicted molar refractivity (Wildman–Crippen MR) is 87.2 cm³/mol. The van der Waals surface area contributed by atoms with Gasteiger partial charge in [-0.1, -0.05) is 28.1 Å². The lowest BCUT2D eigenvalue weighted by atomic mass is 10.2. The van der Waals surface area contributed by atoms with Crippen LogP contribution in [0.4, 0.5) is 5.82 Å². The topological polar surface area (TPSA) is 16.1 Å². The molecular weight excluding hydrogens is 320 g/mol. The molecule has 0 aliphatic rings. The van der Waals surface area contributed by atoms with Crippen molar-refractivity contribution in [3.8, 4) is 0 Å². The highest BCUT2D eigenvalue weighted by molar-refractivity contribution is 9.08. The standard InChI is InChI=1S/C15H19BrN2S/c1-11(2)18(10-14-5-4-6-19-14)15-12(3)7-13(8-16)9-17-15/h4-7,9,11H,8,10H2,1-3H3. The van der Waals surface area contributed by atoms with E-state index < -0.39 is 0 Å². The van der Waals surface area contributed by atoms with Gasteiger partial charge in [0.15, 0.2) is 0 Å². The largest absolute Gasteiger partial charge is 0.349 e. The van der Waals surface area contributed by atoms with Crippen molar-refractivity contribution in [3.63, 3.8) is 0 Å². The van der Waals surface area contributed by atoms with Crippen LogP contribution in [0.5, 0.6) is 0 Å². The van der Waals surface area contributed by atoms with Gasteiger partial charge in [-0.2, -0.15) is 0 Å². The number of aryl methyl sites for hydroxylation is 1. The van der Waals surface area contributed by atoms with Crippen LogP contribution in [-0.2, 0) is 11.9 Å². The van der Waals surface area contributed by atoms with Crippen molar-refractivity contribution in [3.05, 3.63) is 45.8 Å². The van der Waals surface area contributed by atoms with E-state index in [9.17, 15) is 0 Å². The zero-order valence-corrected chi connectivity index (χ0v) is 14.0. The number of thiophene rings is 1. The Morgan fingerprint density at radius 2 is 2.21 bits per heavy atom. The van der Waals surface area contributed by atoms with Crippen LogP contribution in [0.25, 0.3) is 0 Å². The average molecular weight is 339 g/mol. The molecule has 0 spiro atoms. The monoisotopic (exact) mass is 338 g/mol. The van der Waals surface area contributed by atoms with Crippen LogP contribution in [0.3, 0.4) is 0 Å². The van der Waals surface area contributed by atoms with Crippen LogP contribution >= 0.6 is 27.3 Å². The molecule has 0 saturated heterocycles. The quantitative estimate of drug-likeness (QED) is 0.730. The third kappa shape index (κ3) is 3.57. The molecule has 4 heteroatoms. The summed E-state index contributed by atoms with van der Waals surface area (Å²) in [7, 11) is 0. The van der Waals surface area contributed by atoms with Gasteiger partial charge in [0.25, 0.3) is 0 Å². The van der Waals surface area contributed by atoms with E-state index in [4.69, 9.17) is 0 Å². The van der Waals surface area contributed by atoms with Crippen LogP contribution in [0.2, 0.25) is 0 Å². The number of alkyl halides is 1. The van der Waals surface area contributed by atoms with E-state index in [1.54, 1.807) is 11.3 Å². The van der Waals surface area contributed by atoms with Gasteiger partial charge in [0.1, 0.15) is 5.82 Å². The highest BCUT2D eigenvalue weighted by atomic mass is 79.9. The molecule has 2 aromatic heterocycles. The van der Waals surface area contributed by atoms with E-state index in [-0.39, 0.29) is 0 Å². The van der Waals surface area contributed by atoms with E-state index in [0.717, 1.165) is 17.7 Å². The number of anilines is 1. The molecule has 0 unspecified atom stereocenters. The third-order valence-corrected chi connectivity index (χ3v) is 4.57. The minimum Gasteiger partial charge on any atom is -0.349 e. The Bertz CT molecular complexity index is 523. The molecule has 2 aromatic rings. The number of rotatable bonds is 5. The predicted octanol–water partition coefficient (Wildman–Crippen LogP) is 4.76. The Morgan fingerprint density at radius 3 is 2.74 bits per heavy atom. The van der Waals surface area contributed by atoms with Crippen molar-refractivity contribution >= 4 is 33.1 Å². The highest BCUT2D eigenvalue weighted by Gasteiger charge is 2.15. The van der Waals surface area contributed by atoms with Crippen molar-refractivity contribution in [1.29, 1.82) is 0 Å². The van der Waals surface area contributed by atoms with Crippen LogP contribution in [0.1, 0.15) is 29.9 Å². The fraction of sp³-hybridized carbons (Fsp3) is 0.400. The highest BCUT2D eigenvalue weighted by Crippen LogP contribution is 2.24. The maximum Gasteiger partial charge on any atom is 0.131 e. The first-order valence-electron chi connectivity index (χ1n) is 6.42. The van der Waals surface area contributed by atoms with Crippen LogP contribution in [0.15, 0.2) is 29.8 Å². The van der Waals surface area contributed by atoms with Gasteiger partial charge in [0.05, 0.1) is 6.54 Å². The summed E-state index contributed by atoms with van der Waals surface area (Å²) in [5.74, 6) is 1.09. The number of halogens is 1. The Labute approximate surface area is 127 Å². The molecule has 0 radical (unpaired) electrons. The lowest BCUT2D eigenvalue weighted by molar-refractivity contribution is 0.674. The molecule has 2 heterocycles. The molecule has 0 N–H and O–H groups in total. The minimum absolute atomic E-state index is 0.433. The normalized spacial score (nSPS) is 11.0. The van der Waals surface area contributed by atoms with Gasteiger partial charge in [0.2, 0.25) is 0 Å². The second-order valence-corrected chi connectivity index (χ2v) is 6.51. The van der Waals surface area contributed by atoms with Crippen molar-refractivity contribution in [2.45, 2.75) is 38.7 Å². The Balaban J connectivity index is 2.28. The molecule has 0 amide bonds. The van der Waals surface area contributed by atoms with Crippen molar-refractivity contribution < 1.29 is 0 Å². The Morgan fingerprint density at radius 1 is 1.42 bits per heavy atom. The first-order valence-corrected chi connectivity index (χ1v) is 8.42. The molecule has 0 bridgehead atoms. The molecule has 0 saturated carbocycles. The second kappa shape index (κ2) is 6.53. The van der Waals surface area contributed by atoms with Crippen molar-refractivity contribution in [2.75, 3.05) is 4.90 Å². The maximum atomic E-state index is 4.65. The van der Waals surface area contributed by atoms with E-state index in [1.807, 2.05) is 6.20 Å². The number of pyridine rings is 1. The van der Waals surface area contributed by atoms with Gasteiger partial charge in [0, 0.05) is 22.4 Å². The molecule has 2 rings (SSSR count). The molecular formula is C15H19BrN2S. The summed E-state index contributed by atoms with van der Waals surface area (Å²) in [5, 5.41) is 2.98. The average Bonchev–Trinajstić information content (AvgIpc) is 2.89. The summed E-state index contributed by atoms with van der Waals surface area (Å²) >= 11 is 5.28. The Kier molecular flexibility index (Phi) is 4.99. The lowest BCUT2D eigenvalue weighted by Crippen LogP contribution is -2.31. The molecule has 0 aromatic carbocycles. The van der Waals surface area contributed by atoms with Gasteiger partial charge in [-0.15, -0.1) is 11.3 Å². The van der Waals surface area contributed by atoms with E-state index >= 15 is 0 Å². The Hall–Kier alpha value is -0.870. The number of aromatic nitrogens is 1. The summed E-state index contributed by atoms with van der Waals surface area (Å²) in [5.41, 5.74) is 2.46. The summed E-state index contributed by atoms with van der Waals surface area (Å²) in [6, 6.07) is 6.93. The molecule has 0 fully saturated rings. The summed E-state index contributed by atoms with van der Waals surface area (Å²) in [6.07, 6.45) is 1.96. The fourth-order valence-electron chi connectivity index (χ4n) is 2.07. The first-order chi connectivity index (χ1) is 9.11. The van der Waals surface area contributed by atoms with Gasteiger partial charge >= 0.3 is 0 Å². The van der Waals surface area contributed by atoms with E-state index in [0.29, 0.717) is 6.04 Å². The molecule has 19 heavy (non-hydrogen) atoms. The lowest BCUT2D eigenvalue weighted by Gasteiger charge is -2.29. The van der Waals surface area contributed by atoms with E-state index in [2.05, 4.69) is 70.2 Å². The molecule has 102 valence electrons. The molecule has 0 atom stereocenters. The van der Waals surface area contributed by atoms with Gasteiger partial charge in [-0.25, -0.2) is 4.98 Å². The molecule has 0 aliphatic carbocycles. The van der Waals surface area contributed by atoms with Gasteiger partial charge in [-0.05, 0) is 43.3 Å². The van der Waals surface area contributed by atoms with Crippen molar-refractivity contribution in [2.24, 2.45) is 0 Å². The van der Waals surface area contributed by atoms with Crippen LogP contribution in [-0.4, -0.2) is 11.0 Å². The molecule has 2 nitrogen and oxygen atoms in total. The fourth-order valence-corrected chi connectivity index (χ4v) is 3.08. The number of nitrogens with zero attached hydrogens (tertiary/aromatic N) is 2. The second-order valence-electron chi connectivity index (χ2n) is 4.92. The van der Waals surface area contributed by atoms with Crippen LogP contribution < -0.4 is 4.90 Å². The maximum absolute atomic E-state index is 4.65. The van der Waals surface area contributed by atoms with Crippen LogP contribution in [0, 0.1) is 6.92 Å². The zero-order chi connectivity index (χ0) is 13.8. The number of hydrogen-bond acceptors (Lipinski definition) is 3. The third-order valence-electron chi connectivity index (χ3n) is 3.06. The summed E-state index contributed by atoms with van der Waals surface area (Å²) in [4.78, 5) is 8.39. The summed E-state index contributed by atoms with van der Waals surface area (Å²) in [6.45, 7) is 7.50. The molecule has 0 aliphatic heterocycles. The van der Waals surface area contributed by atoms with Gasteiger partial charge < -0.3 is 4.90 Å². The minimum atomic E-state index is 0.433. The van der Waals surface area contributed by atoms with Crippen molar-refractivity contribution in [1.82, 2.24) is 4.98 Å². The number of hydrogen-bond donors (Lipinski definition) is 0.